The van der Waals surface area contributed by atoms with Gasteiger partial charge in [-0.05, 0) is 63.1 Å². The second kappa shape index (κ2) is 8.82. The Morgan fingerprint density at radius 3 is 2.67 bits per heavy atom. The largest absolute Gasteiger partial charge is 0.494 e. The van der Waals surface area contributed by atoms with Crippen molar-refractivity contribution in [1.82, 2.24) is 4.90 Å². The smallest absolute Gasteiger partial charge is 0.238 e. The average molecular weight is 366 g/mol. The van der Waals surface area contributed by atoms with E-state index in [0.717, 1.165) is 25.1 Å². The number of ether oxygens (including phenoxy) is 1. The van der Waals surface area contributed by atoms with E-state index in [1.54, 1.807) is 24.3 Å². The second-order valence-electron chi connectivity index (χ2n) is 6.82. The van der Waals surface area contributed by atoms with Crippen molar-refractivity contribution in [3.05, 3.63) is 59.7 Å². The lowest BCUT2D eigenvalue weighted by atomic mass is 10.0. The number of Topliss-reactive ketones (excluding diaryl/α,β-unsaturated/α-hetero) is 1. The zero-order valence-corrected chi connectivity index (χ0v) is 15.9. The van der Waals surface area contributed by atoms with E-state index in [-0.39, 0.29) is 17.7 Å². The number of nitrogens with zero attached hydrogens (tertiary/aromatic N) is 1. The molecule has 1 fully saturated rings. The van der Waals surface area contributed by atoms with Gasteiger partial charge in [0.1, 0.15) is 5.75 Å². The molecule has 1 unspecified atom stereocenters. The number of amides is 1. The fourth-order valence-corrected chi connectivity index (χ4v) is 3.55. The number of benzene rings is 2. The zero-order valence-electron chi connectivity index (χ0n) is 15.9. The topological polar surface area (TPSA) is 58.6 Å². The summed E-state index contributed by atoms with van der Waals surface area (Å²) in [6.07, 6.45) is 2.12. The predicted octanol–water partition coefficient (Wildman–Crippen LogP) is 4.06. The van der Waals surface area contributed by atoms with E-state index in [1.165, 1.54) is 12.5 Å². The van der Waals surface area contributed by atoms with Gasteiger partial charge in [-0.25, -0.2) is 0 Å². The summed E-state index contributed by atoms with van der Waals surface area (Å²) in [6.45, 7) is 5.38. The number of carbonyl (C=O) groups excluding carboxylic acids is 2. The van der Waals surface area contributed by atoms with Crippen LogP contribution in [-0.2, 0) is 4.79 Å². The van der Waals surface area contributed by atoms with Crippen LogP contribution in [0.25, 0.3) is 0 Å². The minimum Gasteiger partial charge on any atom is -0.494 e. The van der Waals surface area contributed by atoms with Crippen LogP contribution >= 0.6 is 0 Å². The molecule has 1 N–H and O–H groups in total. The molecule has 0 bridgehead atoms. The van der Waals surface area contributed by atoms with Crippen LogP contribution in [0.1, 0.15) is 48.7 Å². The molecule has 1 saturated heterocycles. The number of carbonyl (C=O) groups is 2. The molecule has 0 aromatic heterocycles. The summed E-state index contributed by atoms with van der Waals surface area (Å²) in [5, 5.41) is 2.91. The van der Waals surface area contributed by atoms with Crippen molar-refractivity contribution >= 4 is 17.4 Å². The summed E-state index contributed by atoms with van der Waals surface area (Å²) in [6, 6.07) is 15.4. The molecule has 0 saturated carbocycles. The SMILES string of the molecule is CCOc1ccc(C2CCCN2CC(=O)Nc2cccc(C(C)=O)c2)cc1. The van der Waals surface area contributed by atoms with Gasteiger partial charge >= 0.3 is 0 Å². The van der Waals surface area contributed by atoms with Crippen LogP contribution in [0.3, 0.4) is 0 Å². The third-order valence-corrected chi connectivity index (χ3v) is 4.84. The van der Waals surface area contributed by atoms with Crippen molar-refractivity contribution in [1.29, 1.82) is 0 Å². The Hall–Kier alpha value is -2.66. The summed E-state index contributed by atoms with van der Waals surface area (Å²) < 4.78 is 5.51. The molecule has 142 valence electrons. The number of likely N-dealkylation sites (tertiary alicyclic amines) is 1. The van der Waals surface area contributed by atoms with Gasteiger partial charge < -0.3 is 10.1 Å². The highest BCUT2D eigenvalue weighted by atomic mass is 16.5. The fourth-order valence-electron chi connectivity index (χ4n) is 3.55. The first-order valence-corrected chi connectivity index (χ1v) is 9.44. The molecule has 1 aliphatic heterocycles. The lowest BCUT2D eigenvalue weighted by Gasteiger charge is -2.24. The van der Waals surface area contributed by atoms with Crippen LogP contribution in [0.2, 0.25) is 0 Å². The van der Waals surface area contributed by atoms with Crippen LogP contribution in [0.15, 0.2) is 48.5 Å². The maximum absolute atomic E-state index is 12.5. The quantitative estimate of drug-likeness (QED) is 0.751. The molecule has 0 aliphatic carbocycles. The summed E-state index contributed by atoms with van der Waals surface area (Å²) in [7, 11) is 0. The molecule has 0 radical (unpaired) electrons. The van der Waals surface area contributed by atoms with Crippen molar-refractivity contribution in [3.8, 4) is 5.75 Å². The molecule has 2 aromatic rings. The third kappa shape index (κ3) is 4.95. The molecule has 1 amide bonds. The van der Waals surface area contributed by atoms with Gasteiger partial charge in [-0.2, -0.15) is 0 Å². The van der Waals surface area contributed by atoms with Gasteiger partial charge in [0.2, 0.25) is 5.91 Å². The number of nitrogens with one attached hydrogen (secondary N) is 1. The Kier molecular flexibility index (Phi) is 6.24. The van der Waals surface area contributed by atoms with Crippen LogP contribution < -0.4 is 10.1 Å². The van der Waals surface area contributed by atoms with Crippen LogP contribution in [0, 0.1) is 0 Å². The van der Waals surface area contributed by atoms with Crippen LogP contribution in [-0.4, -0.2) is 36.3 Å². The van der Waals surface area contributed by atoms with E-state index < -0.39 is 0 Å². The van der Waals surface area contributed by atoms with E-state index in [2.05, 4.69) is 22.3 Å². The lowest BCUT2D eigenvalue weighted by molar-refractivity contribution is -0.117. The van der Waals surface area contributed by atoms with E-state index in [4.69, 9.17) is 4.74 Å². The Bertz CT molecular complexity index is 801. The van der Waals surface area contributed by atoms with Crippen molar-refractivity contribution in [2.45, 2.75) is 32.7 Å². The lowest BCUT2D eigenvalue weighted by Crippen LogP contribution is -2.33. The monoisotopic (exact) mass is 366 g/mol. The summed E-state index contributed by atoms with van der Waals surface area (Å²) in [5.74, 6) is 0.795. The molecular formula is C22H26N2O3. The van der Waals surface area contributed by atoms with Gasteiger partial charge in [-0.1, -0.05) is 24.3 Å². The van der Waals surface area contributed by atoms with Gasteiger partial charge in [0.25, 0.3) is 0 Å². The van der Waals surface area contributed by atoms with Gasteiger partial charge in [0.05, 0.1) is 13.2 Å². The molecule has 3 rings (SSSR count). The van der Waals surface area contributed by atoms with Gasteiger partial charge in [-0.3, -0.25) is 14.5 Å². The van der Waals surface area contributed by atoms with E-state index in [1.807, 2.05) is 19.1 Å². The first kappa shape index (κ1) is 19.1. The first-order valence-electron chi connectivity index (χ1n) is 9.44. The molecule has 2 aromatic carbocycles. The van der Waals surface area contributed by atoms with Crippen LogP contribution in [0.4, 0.5) is 5.69 Å². The normalized spacial score (nSPS) is 16.9. The molecule has 5 nitrogen and oxygen atoms in total. The maximum Gasteiger partial charge on any atom is 0.238 e. The number of ketones is 1. The minimum absolute atomic E-state index is 0.0128. The number of hydrogen-bond acceptors (Lipinski definition) is 4. The zero-order chi connectivity index (χ0) is 19.2. The number of anilines is 1. The standard InChI is InChI=1S/C22H26N2O3/c1-3-27-20-11-9-17(10-12-20)21-8-5-13-24(21)15-22(26)23-19-7-4-6-18(14-19)16(2)25/h4,6-7,9-12,14,21H,3,5,8,13,15H2,1-2H3,(H,23,26). The highest BCUT2D eigenvalue weighted by Gasteiger charge is 2.27. The minimum atomic E-state index is -0.0615. The van der Waals surface area contributed by atoms with Gasteiger partial charge in [0, 0.05) is 17.3 Å². The van der Waals surface area contributed by atoms with Gasteiger partial charge in [-0.15, -0.1) is 0 Å². The average Bonchev–Trinajstić information content (AvgIpc) is 3.10. The Labute approximate surface area is 160 Å². The maximum atomic E-state index is 12.5. The summed E-state index contributed by atoms with van der Waals surface area (Å²) in [5.41, 5.74) is 2.47. The molecule has 1 aliphatic rings. The highest BCUT2D eigenvalue weighted by Crippen LogP contribution is 2.32. The third-order valence-electron chi connectivity index (χ3n) is 4.84. The summed E-state index contributed by atoms with van der Waals surface area (Å²) in [4.78, 5) is 26.2. The molecule has 1 heterocycles. The fraction of sp³-hybridized carbons (Fsp3) is 0.364. The van der Waals surface area contributed by atoms with Crippen molar-refractivity contribution < 1.29 is 14.3 Å². The summed E-state index contributed by atoms with van der Waals surface area (Å²) >= 11 is 0. The molecule has 5 heteroatoms. The van der Waals surface area contributed by atoms with Crippen LogP contribution in [0.5, 0.6) is 5.75 Å². The van der Waals surface area contributed by atoms with Crippen molar-refractivity contribution in [3.63, 3.8) is 0 Å². The molecule has 1 atom stereocenters. The number of rotatable bonds is 7. The second-order valence-corrected chi connectivity index (χ2v) is 6.82. The molecule has 27 heavy (non-hydrogen) atoms. The Balaban J connectivity index is 1.62. The Morgan fingerprint density at radius 2 is 1.96 bits per heavy atom. The first-order chi connectivity index (χ1) is 13.1. The number of hydrogen-bond donors (Lipinski definition) is 1. The van der Waals surface area contributed by atoms with E-state index >= 15 is 0 Å². The predicted molar refractivity (Wildman–Crippen MR) is 106 cm³/mol. The Morgan fingerprint density at radius 1 is 1.19 bits per heavy atom. The van der Waals surface area contributed by atoms with E-state index in [9.17, 15) is 9.59 Å². The van der Waals surface area contributed by atoms with Gasteiger partial charge in [0.15, 0.2) is 5.78 Å². The molecular weight excluding hydrogens is 340 g/mol. The van der Waals surface area contributed by atoms with Crippen molar-refractivity contribution in [2.24, 2.45) is 0 Å². The highest BCUT2D eigenvalue weighted by molar-refractivity contribution is 5.97. The van der Waals surface area contributed by atoms with E-state index in [0.29, 0.717) is 24.4 Å². The van der Waals surface area contributed by atoms with Crippen molar-refractivity contribution in [2.75, 3.05) is 25.0 Å². The molecule has 0 spiro atoms.